The minimum Gasteiger partial charge on any atom is -0.379 e. The van der Waals surface area contributed by atoms with Gasteiger partial charge in [0.2, 0.25) is 0 Å². The molecule has 4 heteroatoms. The Balaban J connectivity index is 1.36. The molecule has 2 unspecified atom stereocenters. The molecule has 4 rings (SSSR count). The molecule has 3 aliphatic heterocycles. The average Bonchev–Trinajstić information content (AvgIpc) is 2.76. The third-order valence-electron chi connectivity index (χ3n) is 5.77. The summed E-state index contributed by atoms with van der Waals surface area (Å²) >= 11 is 0. The summed E-state index contributed by atoms with van der Waals surface area (Å²) in [6.07, 6.45) is 2.78. The molecule has 3 aliphatic rings. The van der Waals surface area contributed by atoms with Crippen molar-refractivity contribution in [3.8, 4) is 0 Å². The Kier molecular flexibility index (Phi) is 5.48. The molecule has 0 aliphatic carbocycles. The number of ether oxygens (including phenoxy) is 1. The average molecular weight is 329 g/mol. The van der Waals surface area contributed by atoms with E-state index in [0.29, 0.717) is 0 Å². The summed E-state index contributed by atoms with van der Waals surface area (Å²) in [5, 5.41) is 3.62. The second-order valence-electron chi connectivity index (χ2n) is 7.86. The Morgan fingerprint density at radius 3 is 2.58 bits per heavy atom. The summed E-state index contributed by atoms with van der Waals surface area (Å²) < 4.78 is 5.45. The van der Waals surface area contributed by atoms with E-state index in [1.54, 1.807) is 0 Å². The van der Waals surface area contributed by atoms with E-state index in [-0.39, 0.29) is 0 Å². The van der Waals surface area contributed by atoms with Crippen LogP contribution in [0.3, 0.4) is 0 Å². The van der Waals surface area contributed by atoms with E-state index in [1.165, 1.54) is 50.1 Å². The highest BCUT2D eigenvalue weighted by molar-refractivity contribution is 5.23. The lowest BCUT2D eigenvalue weighted by atomic mass is 9.88. The quantitative estimate of drug-likeness (QED) is 0.914. The molecule has 3 saturated heterocycles. The summed E-state index contributed by atoms with van der Waals surface area (Å²) in [6.45, 7) is 11.0. The Morgan fingerprint density at radius 2 is 1.75 bits per heavy atom. The Labute approximate surface area is 146 Å². The van der Waals surface area contributed by atoms with Crippen LogP contribution in [0, 0.1) is 11.8 Å². The van der Waals surface area contributed by atoms with Crippen LogP contribution in [-0.4, -0.2) is 62.3 Å². The Bertz CT molecular complexity index is 515. The van der Waals surface area contributed by atoms with Gasteiger partial charge in [0.15, 0.2) is 0 Å². The number of benzene rings is 1. The summed E-state index contributed by atoms with van der Waals surface area (Å²) in [5.74, 6) is 1.75. The molecule has 3 heterocycles. The van der Waals surface area contributed by atoms with Gasteiger partial charge in [-0.05, 0) is 48.9 Å². The molecule has 0 aromatic heterocycles. The maximum absolute atomic E-state index is 5.45. The van der Waals surface area contributed by atoms with Gasteiger partial charge >= 0.3 is 0 Å². The highest BCUT2D eigenvalue weighted by atomic mass is 16.5. The first-order valence-electron chi connectivity index (χ1n) is 9.66. The van der Waals surface area contributed by atoms with Gasteiger partial charge in [0.25, 0.3) is 0 Å². The monoisotopic (exact) mass is 329 g/mol. The molecule has 0 spiro atoms. The molecule has 0 radical (unpaired) electrons. The lowest BCUT2D eigenvalue weighted by Gasteiger charge is -2.36. The molecule has 2 atom stereocenters. The lowest BCUT2D eigenvalue weighted by Crippen LogP contribution is -2.40. The van der Waals surface area contributed by atoms with Crippen molar-refractivity contribution in [2.45, 2.75) is 25.9 Å². The smallest absolute Gasteiger partial charge is 0.0594 e. The number of fused-ring (bicyclic) bond motifs is 2. The van der Waals surface area contributed by atoms with Crippen LogP contribution >= 0.6 is 0 Å². The zero-order valence-corrected chi connectivity index (χ0v) is 14.8. The zero-order chi connectivity index (χ0) is 16.2. The molecule has 24 heavy (non-hydrogen) atoms. The van der Waals surface area contributed by atoms with Gasteiger partial charge in [0, 0.05) is 39.3 Å². The van der Waals surface area contributed by atoms with Gasteiger partial charge in [0.1, 0.15) is 0 Å². The molecule has 0 saturated carbocycles. The standard InChI is InChI=1S/C20H31N3O/c1-2-17(13-22-6-8-24-9-7-22)10-18(3-1)14-23-15-19-4-5-21-12-20(11-19)16-23/h1-3,10,19-21H,4-9,11-16H2. The van der Waals surface area contributed by atoms with Gasteiger partial charge in [0.05, 0.1) is 13.2 Å². The number of morpholine rings is 1. The molecule has 0 amide bonds. The van der Waals surface area contributed by atoms with E-state index in [9.17, 15) is 0 Å². The largest absolute Gasteiger partial charge is 0.379 e. The van der Waals surface area contributed by atoms with Gasteiger partial charge in [-0.15, -0.1) is 0 Å². The topological polar surface area (TPSA) is 27.7 Å². The van der Waals surface area contributed by atoms with E-state index < -0.39 is 0 Å². The van der Waals surface area contributed by atoms with Crippen LogP contribution in [0.2, 0.25) is 0 Å². The molecule has 3 fully saturated rings. The van der Waals surface area contributed by atoms with E-state index in [0.717, 1.165) is 51.2 Å². The third kappa shape index (κ3) is 4.37. The maximum atomic E-state index is 5.45. The van der Waals surface area contributed by atoms with Crippen LogP contribution in [0.5, 0.6) is 0 Å². The molecule has 132 valence electrons. The minimum atomic E-state index is 0.850. The number of piperidine rings is 1. The summed E-state index contributed by atoms with van der Waals surface area (Å²) in [5.41, 5.74) is 2.93. The molecular weight excluding hydrogens is 298 g/mol. The second kappa shape index (κ2) is 7.96. The van der Waals surface area contributed by atoms with Gasteiger partial charge in [-0.3, -0.25) is 9.80 Å². The minimum absolute atomic E-state index is 0.850. The molecule has 2 bridgehead atoms. The summed E-state index contributed by atoms with van der Waals surface area (Å²) in [4.78, 5) is 5.20. The van der Waals surface area contributed by atoms with E-state index in [2.05, 4.69) is 39.4 Å². The van der Waals surface area contributed by atoms with Gasteiger partial charge < -0.3 is 10.1 Å². The van der Waals surface area contributed by atoms with Crippen LogP contribution in [0.15, 0.2) is 24.3 Å². The van der Waals surface area contributed by atoms with E-state index in [1.807, 2.05) is 0 Å². The van der Waals surface area contributed by atoms with Crippen LogP contribution in [0.1, 0.15) is 24.0 Å². The first kappa shape index (κ1) is 16.5. The van der Waals surface area contributed by atoms with Crippen molar-refractivity contribution in [3.05, 3.63) is 35.4 Å². The van der Waals surface area contributed by atoms with Crippen LogP contribution in [-0.2, 0) is 17.8 Å². The van der Waals surface area contributed by atoms with Crippen molar-refractivity contribution < 1.29 is 4.74 Å². The van der Waals surface area contributed by atoms with Crippen molar-refractivity contribution in [1.82, 2.24) is 15.1 Å². The van der Waals surface area contributed by atoms with Gasteiger partial charge in [-0.1, -0.05) is 24.3 Å². The van der Waals surface area contributed by atoms with Crippen molar-refractivity contribution in [2.75, 3.05) is 52.5 Å². The SMILES string of the molecule is c1cc(CN2CCOCC2)cc(CN2CC3CCNCC(C3)C2)c1. The summed E-state index contributed by atoms with van der Waals surface area (Å²) in [6, 6.07) is 9.24. The number of nitrogens with one attached hydrogen (secondary N) is 1. The van der Waals surface area contributed by atoms with Crippen molar-refractivity contribution in [1.29, 1.82) is 0 Å². The fraction of sp³-hybridized carbons (Fsp3) is 0.700. The van der Waals surface area contributed by atoms with Crippen molar-refractivity contribution >= 4 is 0 Å². The van der Waals surface area contributed by atoms with Crippen molar-refractivity contribution in [3.63, 3.8) is 0 Å². The number of likely N-dealkylation sites (tertiary alicyclic amines) is 1. The van der Waals surface area contributed by atoms with Gasteiger partial charge in [-0.25, -0.2) is 0 Å². The lowest BCUT2D eigenvalue weighted by molar-refractivity contribution is 0.0341. The van der Waals surface area contributed by atoms with Crippen LogP contribution in [0.25, 0.3) is 0 Å². The van der Waals surface area contributed by atoms with Crippen LogP contribution < -0.4 is 5.32 Å². The number of hydrogen-bond acceptors (Lipinski definition) is 4. The molecule has 1 N–H and O–H groups in total. The fourth-order valence-electron chi connectivity index (χ4n) is 4.63. The Morgan fingerprint density at radius 1 is 1.00 bits per heavy atom. The van der Waals surface area contributed by atoms with Crippen LogP contribution in [0.4, 0.5) is 0 Å². The normalized spacial score (nSPS) is 29.3. The highest BCUT2D eigenvalue weighted by Crippen LogP contribution is 2.27. The van der Waals surface area contributed by atoms with Crippen molar-refractivity contribution in [2.24, 2.45) is 11.8 Å². The molecular formula is C20H31N3O. The molecule has 4 nitrogen and oxygen atoms in total. The maximum Gasteiger partial charge on any atom is 0.0594 e. The third-order valence-corrected chi connectivity index (χ3v) is 5.77. The number of rotatable bonds is 4. The molecule has 1 aromatic rings. The predicted octanol–water partition coefficient (Wildman–Crippen LogP) is 1.95. The zero-order valence-electron chi connectivity index (χ0n) is 14.8. The second-order valence-corrected chi connectivity index (χ2v) is 7.86. The highest BCUT2D eigenvalue weighted by Gasteiger charge is 2.28. The van der Waals surface area contributed by atoms with Gasteiger partial charge in [-0.2, -0.15) is 0 Å². The predicted molar refractivity (Wildman–Crippen MR) is 96.9 cm³/mol. The first-order chi connectivity index (χ1) is 11.8. The first-order valence-corrected chi connectivity index (χ1v) is 9.66. The van der Waals surface area contributed by atoms with E-state index in [4.69, 9.17) is 4.74 Å². The molecule has 1 aromatic carbocycles. The number of hydrogen-bond donors (Lipinski definition) is 1. The Hall–Kier alpha value is -0.940. The summed E-state index contributed by atoms with van der Waals surface area (Å²) in [7, 11) is 0. The fourth-order valence-corrected chi connectivity index (χ4v) is 4.63. The number of nitrogens with zero attached hydrogens (tertiary/aromatic N) is 2. The van der Waals surface area contributed by atoms with E-state index >= 15 is 0 Å².